The van der Waals surface area contributed by atoms with Crippen LogP contribution < -0.4 is 18.9 Å². The molecule has 154 valence electrons. The molecule has 7 nitrogen and oxygen atoms in total. The summed E-state index contributed by atoms with van der Waals surface area (Å²) >= 11 is 0. The third-order valence-corrected chi connectivity index (χ3v) is 4.85. The molecule has 7 heteroatoms. The Morgan fingerprint density at radius 2 is 1.53 bits per heavy atom. The van der Waals surface area contributed by atoms with E-state index >= 15 is 0 Å². The number of phenols is 1. The molecule has 0 saturated carbocycles. The van der Waals surface area contributed by atoms with Crippen LogP contribution in [-0.2, 0) is 0 Å². The Hall–Kier alpha value is -3.87. The molecule has 0 aliphatic rings. The minimum absolute atomic E-state index is 0.0201. The predicted octanol–water partition coefficient (Wildman–Crippen LogP) is 4.90. The summed E-state index contributed by atoms with van der Waals surface area (Å²) in [6, 6.07) is 14.5. The fourth-order valence-corrected chi connectivity index (χ4v) is 3.40. The van der Waals surface area contributed by atoms with Crippen molar-refractivity contribution in [3.05, 3.63) is 48.5 Å². The van der Waals surface area contributed by atoms with E-state index in [-0.39, 0.29) is 5.75 Å². The molecule has 1 heterocycles. The second-order valence-corrected chi connectivity index (χ2v) is 6.44. The summed E-state index contributed by atoms with van der Waals surface area (Å²) < 4.78 is 27.5. The molecule has 4 aromatic rings. The van der Waals surface area contributed by atoms with E-state index in [0.29, 0.717) is 45.6 Å². The highest BCUT2D eigenvalue weighted by Gasteiger charge is 2.19. The Morgan fingerprint density at radius 3 is 2.23 bits per heavy atom. The van der Waals surface area contributed by atoms with Gasteiger partial charge in [-0.2, -0.15) is 0 Å². The van der Waals surface area contributed by atoms with Crippen molar-refractivity contribution in [2.45, 2.75) is 0 Å². The van der Waals surface area contributed by atoms with E-state index in [1.807, 2.05) is 30.3 Å². The molecule has 0 aliphatic carbocycles. The van der Waals surface area contributed by atoms with Gasteiger partial charge in [0.1, 0.15) is 5.52 Å². The number of aromatic hydroxyl groups is 1. The van der Waals surface area contributed by atoms with Gasteiger partial charge in [-0.25, -0.2) is 4.98 Å². The highest BCUT2D eigenvalue weighted by Crippen LogP contribution is 2.45. The molecular formula is C23H21NO6. The topological polar surface area (TPSA) is 83.2 Å². The SMILES string of the molecule is COc1cccc(-c2nc3ccc(-c4ccc(OC)c(OC)c4OC)cc3o2)c1O. The maximum Gasteiger partial charge on any atom is 0.231 e. The van der Waals surface area contributed by atoms with Crippen molar-refractivity contribution in [3.8, 4) is 51.3 Å². The van der Waals surface area contributed by atoms with Gasteiger partial charge in [0.2, 0.25) is 11.6 Å². The molecule has 3 aromatic carbocycles. The monoisotopic (exact) mass is 407 g/mol. The van der Waals surface area contributed by atoms with Crippen LogP contribution >= 0.6 is 0 Å². The quantitative estimate of drug-likeness (QED) is 0.487. The number of oxazole rings is 1. The normalized spacial score (nSPS) is 10.8. The largest absolute Gasteiger partial charge is 0.504 e. The van der Waals surface area contributed by atoms with Gasteiger partial charge in [0, 0.05) is 5.56 Å². The van der Waals surface area contributed by atoms with Gasteiger partial charge in [-0.15, -0.1) is 0 Å². The number of fused-ring (bicyclic) bond motifs is 1. The number of para-hydroxylation sites is 1. The van der Waals surface area contributed by atoms with Gasteiger partial charge < -0.3 is 28.5 Å². The van der Waals surface area contributed by atoms with Gasteiger partial charge in [0.25, 0.3) is 0 Å². The van der Waals surface area contributed by atoms with Gasteiger partial charge in [-0.1, -0.05) is 12.1 Å². The number of phenolic OH excluding ortho intramolecular Hbond substituents is 1. The number of rotatable bonds is 6. The zero-order valence-electron chi connectivity index (χ0n) is 17.1. The average Bonchev–Trinajstić information content (AvgIpc) is 3.21. The van der Waals surface area contributed by atoms with Crippen molar-refractivity contribution in [1.82, 2.24) is 4.98 Å². The molecule has 1 N–H and O–H groups in total. The third-order valence-electron chi connectivity index (χ3n) is 4.85. The zero-order valence-corrected chi connectivity index (χ0v) is 17.1. The van der Waals surface area contributed by atoms with Crippen molar-refractivity contribution >= 4 is 11.1 Å². The maximum absolute atomic E-state index is 10.4. The molecule has 0 radical (unpaired) electrons. The van der Waals surface area contributed by atoms with Crippen LogP contribution in [0.1, 0.15) is 0 Å². The standard InChI is InChI=1S/C23H21NO6/c1-26-17-7-5-6-15(20(17)25)23-24-16-10-8-13(12-19(16)30-23)14-9-11-18(27-2)22(29-4)21(14)28-3/h5-12,25H,1-4H3. The first-order valence-electron chi connectivity index (χ1n) is 9.17. The molecule has 0 aliphatic heterocycles. The van der Waals surface area contributed by atoms with Crippen LogP contribution in [0.25, 0.3) is 33.7 Å². The molecule has 0 bridgehead atoms. The minimum atomic E-state index is -0.0201. The number of hydrogen-bond acceptors (Lipinski definition) is 7. The molecule has 0 spiro atoms. The van der Waals surface area contributed by atoms with Gasteiger partial charge in [0.15, 0.2) is 28.6 Å². The number of methoxy groups -OCH3 is 4. The lowest BCUT2D eigenvalue weighted by Gasteiger charge is -2.15. The number of nitrogens with zero attached hydrogens (tertiary/aromatic N) is 1. The molecular weight excluding hydrogens is 386 g/mol. The predicted molar refractivity (Wildman–Crippen MR) is 113 cm³/mol. The van der Waals surface area contributed by atoms with Gasteiger partial charge >= 0.3 is 0 Å². The Morgan fingerprint density at radius 1 is 0.767 bits per heavy atom. The van der Waals surface area contributed by atoms with Crippen LogP contribution in [0.2, 0.25) is 0 Å². The number of hydrogen-bond donors (Lipinski definition) is 1. The van der Waals surface area contributed by atoms with Crippen molar-refractivity contribution in [2.24, 2.45) is 0 Å². The van der Waals surface area contributed by atoms with Crippen LogP contribution in [-0.4, -0.2) is 38.5 Å². The first-order valence-corrected chi connectivity index (χ1v) is 9.17. The minimum Gasteiger partial charge on any atom is -0.504 e. The van der Waals surface area contributed by atoms with Crippen LogP contribution in [0.4, 0.5) is 0 Å². The Kier molecular flexibility index (Phi) is 5.10. The van der Waals surface area contributed by atoms with Crippen LogP contribution in [0.15, 0.2) is 52.9 Å². The lowest BCUT2D eigenvalue weighted by molar-refractivity contribution is 0.325. The molecule has 0 amide bonds. The average molecular weight is 407 g/mol. The number of ether oxygens (including phenoxy) is 4. The van der Waals surface area contributed by atoms with E-state index in [0.717, 1.165) is 11.1 Å². The van der Waals surface area contributed by atoms with Gasteiger partial charge in [-0.05, 0) is 42.0 Å². The molecule has 1 aromatic heterocycles. The summed E-state index contributed by atoms with van der Waals surface area (Å²) in [4.78, 5) is 4.50. The van der Waals surface area contributed by atoms with Crippen molar-refractivity contribution in [1.29, 1.82) is 0 Å². The molecule has 0 saturated heterocycles. The Bertz CT molecular complexity index is 1210. The molecule has 0 fully saturated rings. The van der Waals surface area contributed by atoms with Crippen LogP contribution in [0, 0.1) is 0 Å². The van der Waals surface area contributed by atoms with Gasteiger partial charge in [0.05, 0.1) is 34.0 Å². The zero-order chi connectivity index (χ0) is 21.3. The van der Waals surface area contributed by atoms with Gasteiger partial charge in [-0.3, -0.25) is 0 Å². The second kappa shape index (κ2) is 7.87. The van der Waals surface area contributed by atoms with Crippen molar-refractivity contribution < 1.29 is 28.5 Å². The lowest BCUT2D eigenvalue weighted by atomic mass is 10.0. The first-order chi connectivity index (χ1) is 14.6. The Labute approximate surface area is 173 Å². The summed E-state index contributed by atoms with van der Waals surface area (Å²) in [5.74, 6) is 2.28. The Balaban J connectivity index is 1.83. The third kappa shape index (κ3) is 3.14. The smallest absolute Gasteiger partial charge is 0.231 e. The summed E-state index contributed by atoms with van der Waals surface area (Å²) in [5.41, 5.74) is 3.37. The molecule has 0 atom stereocenters. The van der Waals surface area contributed by atoms with E-state index < -0.39 is 0 Å². The highest BCUT2D eigenvalue weighted by atomic mass is 16.5. The maximum atomic E-state index is 10.4. The summed E-state index contributed by atoms with van der Waals surface area (Å²) in [6.45, 7) is 0. The van der Waals surface area contributed by atoms with Crippen molar-refractivity contribution in [2.75, 3.05) is 28.4 Å². The van der Waals surface area contributed by atoms with E-state index in [9.17, 15) is 5.11 Å². The highest BCUT2D eigenvalue weighted by molar-refractivity contribution is 5.86. The molecule has 4 rings (SSSR count). The second-order valence-electron chi connectivity index (χ2n) is 6.44. The van der Waals surface area contributed by atoms with E-state index in [4.69, 9.17) is 23.4 Å². The summed E-state index contributed by atoms with van der Waals surface area (Å²) in [6.07, 6.45) is 0. The van der Waals surface area contributed by atoms with Crippen LogP contribution in [0.3, 0.4) is 0 Å². The lowest BCUT2D eigenvalue weighted by Crippen LogP contribution is -1.96. The molecule has 30 heavy (non-hydrogen) atoms. The van der Waals surface area contributed by atoms with Crippen molar-refractivity contribution in [3.63, 3.8) is 0 Å². The number of aromatic nitrogens is 1. The van der Waals surface area contributed by atoms with E-state index in [1.54, 1.807) is 39.5 Å². The molecule has 0 unspecified atom stereocenters. The fraction of sp³-hybridized carbons (Fsp3) is 0.174. The summed E-state index contributed by atoms with van der Waals surface area (Å²) in [5, 5.41) is 10.4. The fourth-order valence-electron chi connectivity index (χ4n) is 3.40. The van der Waals surface area contributed by atoms with Crippen LogP contribution in [0.5, 0.6) is 28.7 Å². The van der Waals surface area contributed by atoms with E-state index in [1.165, 1.54) is 7.11 Å². The van der Waals surface area contributed by atoms with E-state index in [2.05, 4.69) is 4.98 Å². The number of benzene rings is 3. The first kappa shape index (κ1) is 19.4. The summed E-state index contributed by atoms with van der Waals surface area (Å²) in [7, 11) is 6.22.